The molecule has 0 aliphatic rings. The number of nitrogens with one attached hydrogen (secondary N) is 1. The number of hydrogen-bond acceptors (Lipinski definition) is 3. The van der Waals surface area contributed by atoms with Crippen LogP contribution in [-0.4, -0.2) is 36.7 Å². The van der Waals surface area contributed by atoms with Crippen LogP contribution in [0.2, 0.25) is 0 Å². The monoisotopic (exact) mass is 329 g/mol. The number of rotatable bonds is 6. The van der Waals surface area contributed by atoms with Gasteiger partial charge in [-0.25, -0.2) is 0 Å². The van der Waals surface area contributed by atoms with Gasteiger partial charge in [0.05, 0.1) is 12.5 Å². The summed E-state index contributed by atoms with van der Waals surface area (Å²) in [6.07, 6.45) is -0.672. The van der Waals surface area contributed by atoms with E-state index in [1.165, 1.54) is 7.11 Å². The number of ether oxygens (including phenoxy) is 1. The van der Waals surface area contributed by atoms with Gasteiger partial charge in [-0.2, -0.15) is 0 Å². The number of halogens is 1. The van der Waals surface area contributed by atoms with Crippen LogP contribution in [0.5, 0.6) is 0 Å². The fourth-order valence-electron chi connectivity index (χ4n) is 1.53. The Morgan fingerprint density at radius 2 is 2.16 bits per heavy atom. The molecular formula is C13H16BrNO4. The first-order valence-corrected chi connectivity index (χ1v) is 6.52. The van der Waals surface area contributed by atoms with Gasteiger partial charge in [-0.05, 0) is 30.7 Å². The maximum absolute atomic E-state index is 11.9. The first-order chi connectivity index (χ1) is 8.93. The summed E-state index contributed by atoms with van der Waals surface area (Å²) in [5, 5.41) is 11.3. The molecule has 104 valence electrons. The van der Waals surface area contributed by atoms with Crippen LogP contribution in [-0.2, 0) is 9.53 Å². The number of benzene rings is 1. The molecule has 0 spiro atoms. The molecule has 0 radical (unpaired) electrons. The molecule has 5 nitrogen and oxygen atoms in total. The second kappa shape index (κ2) is 7.25. The zero-order valence-corrected chi connectivity index (χ0v) is 12.4. The van der Waals surface area contributed by atoms with Crippen molar-refractivity contribution in [2.45, 2.75) is 19.4 Å². The van der Waals surface area contributed by atoms with Gasteiger partial charge in [0.25, 0.3) is 5.91 Å². The molecule has 0 saturated heterocycles. The molecule has 0 fully saturated rings. The van der Waals surface area contributed by atoms with E-state index < -0.39 is 12.1 Å². The summed E-state index contributed by atoms with van der Waals surface area (Å²) in [7, 11) is 1.42. The number of carboxylic acid groups (broad SMARTS) is 1. The molecule has 0 aliphatic heterocycles. The molecule has 0 bridgehead atoms. The third-order valence-electron chi connectivity index (χ3n) is 2.65. The Hall–Kier alpha value is -1.40. The molecule has 2 N–H and O–H groups in total. The number of carboxylic acids is 1. The maximum Gasteiger partial charge on any atom is 0.306 e. The minimum absolute atomic E-state index is 0.143. The third-order valence-corrected chi connectivity index (χ3v) is 3.54. The maximum atomic E-state index is 11.9. The molecule has 0 saturated carbocycles. The smallest absolute Gasteiger partial charge is 0.306 e. The van der Waals surface area contributed by atoms with Crippen molar-refractivity contribution in [3.8, 4) is 0 Å². The highest BCUT2D eigenvalue weighted by Crippen LogP contribution is 2.16. The second-order valence-corrected chi connectivity index (χ2v) is 4.98. The molecule has 6 heteroatoms. The normalized spacial score (nSPS) is 11.9. The van der Waals surface area contributed by atoms with Crippen molar-refractivity contribution in [2.24, 2.45) is 0 Å². The van der Waals surface area contributed by atoms with Crippen molar-refractivity contribution >= 4 is 27.8 Å². The van der Waals surface area contributed by atoms with Gasteiger partial charge < -0.3 is 15.2 Å². The molecular weight excluding hydrogens is 314 g/mol. The molecule has 1 rings (SSSR count). The van der Waals surface area contributed by atoms with Gasteiger partial charge >= 0.3 is 5.97 Å². The van der Waals surface area contributed by atoms with Crippen LogP contribution in [0.25, 0.3) is 0 Å². The predicted octanol–water partition coefficient (Wildman–Crippen LogP) is 1.98. The summed E-state index contributed by atoms with van der Waals surface area (Å²) in [5.41, 5.74) is 1.49. The summed E-state index contributed by atoms with van der Waals surface area (Å²) >= 11 is 3.36. The lowest BCUT2D eigenvalue weighted by atomic mass is 10.1. The fraction of sp³-hybridized carbons (Fsp3) is 0.385. The van der Waals surface area contributed by atoms with Crippen molar-refractivity contribution in [2.75, 3.05) is 13.7 Å². The Balaban J connectivity index is 2.59. The van der Waals surface area contributed by atoms with Crippen molar-refractivity contribution in [3.05, 3.63) is 33.8 Å². The van der Waals surface area contributed by atoms with Crippen LogP contribution in [0.1, 0.15) is 22.3 Å². The zero-order chi connectivity index (χ0) is 14.4. The van der Waals surface area contributed by atoms with Crippen LogP contribution in [0.3, 0.4) is 0 Å². The van der Waals surface area contributed by atoms with Crippen LogP contribution in [0.4, 0.5) is 0 Å². The summed E-state index contributed by atoms with van der Waals surface area (Å²) in [6, 6.07) is 5.26. The Bertz CT molecular complexity index is 476. The lowest BCUT2D eigenvalue weighted by molar-refractivity contribution is -0.139. The van der Waals surface area contributed by atoms with Crippen LogP contribution < -0.4 is 5.32 Å². The van der Waals surface area contributed by atoms with E-state index in [0.717, 1.165) is 10.0 Å². The number of aryl methyl sites for hydroxylation is 1. The summed E-state index contributed by atoms with van der Waals surface area (Å²) in [5.74, 6) is -1.20. The minimum atomic E-state index is -0.958. The van der Waals surface area contributed by atoms with E-state index in [2.05, 4.69) is 21.2 Å². The van der Waals surface area contributed by atoms with Gasteiger partial charge in [0, 0.05) is 23.7 Å². The van der Waals surface area contributed by atoms with Crippen LogP contribution in [0.15, 0.2) is 22.7 Å². The van der Waals surface area contributed by atoms with Crippen molar-refractivity contribution in [3.63, 3.8) is 0 Å². The highest BCUT2D eigenvalue weighted by Gasteiger charge is 2.14. The summed E-state index contributed by atoms with van der Waals surface area (Å²) in [4.78, 5) is 22.5. The standard InChI is InChI=1S/C13H16BrNO4/c1-8-5-9(3-4-11(8)14)13(18)15-7-10(19-2)6-12(16)17/h3-5,10H,6-7H2,1-2H3,(H,15,18)(H,16,17). The number of methoxy groups -OCH3 is 1. The highest BCUT2D eigenvalue weighted by atomic mass is 79.9. The Kier molecular flexibility index (Phi) is 5.98. The quantitative estimate of drug-likeness (QED) is 0.836. The van der Waals surface area contributed by atoms with E-state index >= 15 is 0 Å². The van der Waals surface area contributed by atoms with E-state index in [0.29, 0.717) is 5.56 Å². The molecule has 0 aromatic heterocycles. The van der Waals surface area contributed by atoms with Crippen molar-refractivity contribution in [1.29, 1.82) is 0 Å². The molecule has 19 heavy (non-hydrogen) atoms. The topological polar surface area (TPSA) is 75.6 Å². The van der Waals surface area contributed by atoms with Crippen LogP contribution in [0, 0.1) is 6.92 Å². The second-order valence-electron chi connectivity index (χ2n) is 4.13. The van der Waals surface area contributed by atoms with Crippen LogP contribution >= 0.6 is 15.9 Å². The average Bonchev–Trinajstić information content (AvgIpc) is 2.36. The van der Waals surface area contributed by atoms with Crippen molar-refractivity contribution < 1.29 is 19.4 Å². The van der Waals surface area contributed by atoms with Gasteiger partial charge in [-0.3, -0.25) is 9.59 Å². The molecule has 0 aliphatic carbocycles. The molecule has 1 aromatic carbocycles. The van der Waals surface area contributed by atoms with Gasteiger partial charge in [0.1, 0.15) is 0 Å². The lowest BCUT2D eigenvalue weighted by Gasteiger charge is -2.14. The average molecular weight is 330 g/mol. The molecule has 1 unspecified atom stereocenters. The first-order valence-electron chi connectivity index (χ1n) is 5.73. The van der Waals surface area contributed by atoms with E-state index in [-0.39, 0.29) is 18.9 Å². The number of aliphatic carboxylic acids is 1. The fourth-order valence-corrected chi connectivity index (χ4v) is 1.77. The summed E-state index contributed by atoms with van der Waals surface area (Å²) in [6.45, 7) is 2.06. The molecule has 1 aromatic rings. The SMILES string of the molecule is COC(CNC(=O)c1ccc(Br)c(C)c1)CC(=O)O. The van der Waals surface area contributed by atoms with Gasteiger partial charge in [0.2, 0.25) is 0 Å². The number of carbonyl (C=O) groups excluding carboxylic acids is 1. The predicted molar refractivity (Wildman–Crippen MR) is 74.3 cm³/mol. The van der Waals surface area contributed by atoms with E-state index in [1.807, 2.05) is 6.92 Å². The van der Waals surface area contributed by atoms with Crippen molar-refractivity contribution in [1.82, 2.24) is 5.32 Å². The number of hydrogen-bond donors (Lipinski definition) is 2. The lowest BCUT2D eigenvalue weighted by Crippen LogP contribution is -2.34. The van der Waals surface area contributed by atoms with Gasteiger partial charge in [-0.15, -0.1) is 0 Å². The van der Waals surface area contributed by atoms with E-state index in [4.69, 9.17) is 9.84 Å². The zero-order valence-electron chi connectivity index (χ0n) is 10.8. The minimum Gasteiger partial charge on any atom is -0.481 e. The first kappa shape index (κ1) is 15.7. The number of carbonyl (C=O) groups is 2. The molecule has 1 atom stereocenters. The molecule has 0 heterocycles. The van der Waals surface area contributed by atoms with E-state index in [9.17, 15) is 9.59 Å². The molecule has 1 amide bonds. The largest absolute Gasteiger partial charge is 0.481 e. The Morgan fingerprint density at radius 1 is 1.47 bits per heavy atom. The Morgan fingerprint density at radius 3 is 2.68 bits per heavy atom. The van der Waals surface area contributed by atoms with Gasteiger partial charge in [0.15, 0.2) is 0 Å². The summed E-state index contributed by atoms with van der Waals surface area (Å²) < 4.78 is 5.92. The number of amides is 1. The highest BCUT2D eigenvalue weighted by molar-refractivity contribution is 9.10. The third kappa shape index (κ3) is 5.00. The van der Waals surface area contributed by atoms with Gasteiger partial charge in [-0.1, -0.05) is 15.9 Å². The Labute approximate surface area is 120 Å². The van der Waals surface area contributed by atoms with E-state index in [1.54, 1.807) is 18.2 Å².